The average Bonchev–Trinajstić information content (AvgIpc) is 3.23. The molecule has 1 saturated carbocycles. The van der Waals surface area contributed by atoms with Gasteiger partial charge in [-0.25, -0.2) is 8.42 Å². The summed E-state index contributed by atoms with van der Waals surface area (Å²) in [5, 5.41) is 12.3. The molecule has 8 nitrogen and oxygen atoms in total. The summed E-state index contributed by atoms with van der Waals surface area (Å²) in [5.41, 5.74) is 1.98. The fourth-order valence-electron chi connectivity index (χ4n) is 3.37. The van der Waals surface area contributed by atoms with E-state index in [4.69, 9.17) is 0 Å². The van der Waals surface area contributed by atoms with Gasteiger partial charge in [-0.1, -0.05) is 29.5 Å². The Kier molecular flexibility index (Phi) is 4.94. The number of amides is 1. The summed E-state index contributed by atoms with van der Waals surface area (Å²) in [6, 6.07) is 7.81. The van der Waals surface area contributed by atoms with Crippen LogP contribution >= 0.6 is 11.8 Å². The van der Waals surface area contributed by atoms with Gasteiger partial charge in [0.15, 0.2) is 9.84 Å². The van der Waals surface area contributed by atoms with Crippen molar-refractivity contribution in [3.63, 3.8) is 0 Å². The predicted octanol–water partition coefficient (Wildman–Crippen LogP) is 1.24. The van der Waals surface area contributed by atoms with Crippen LogP contribution in [0.2, 0.25) is 0 Å². The number of nitrogens with zero attached hydrogens (tertiary/aromatic N) is 5. The highest BCUT2D eigenvalue weighted by atomic mass is 32.2. The van der Waals surface area contributed by atoms with Gasteiger partial charge in [0, 0.05) is 12.1 Å². The molecule has 0 bridgehead atoms. The van der Waals surface area contributed by atoms with E-state index in [1.165, 1.54) is 11.8 Å². The van der Waals surface area contributed by atoms with Crippen molar-refractivity contribution >= 4 is 27.5 Å². The van der Waals surface area contributed by atoms with Crippen LogP contribution in [0.4, 0.5) is 0 Å². The Labute approximate surface area is 162 Å². The van der Waals surface area contributed by atoms with E-state index >= 15 is 0 Å². The minimum Gasteiger partial charge on any atom is -0.335 e. The second-order valence-corrected chi connectivity index (χ2v) is 10.3. The molecule has 27 heavy (non-hydrogen) atoms. The molecular formula is C17H21N5O3S2. The molecule has 0 N–H and O–H groups in total. The van der Waals surface area contributed by atoms with E-state index in [0.717, 1.165) is 24.1 Å². The molecule has 2 aromatic rings. The maximum atomic E-state index is 12.8. The van der Waals surface area contributed by atoms with Gasteiger partial charge < -0.3 is 4.90 Å². The van der Waals surface area contributed by atoms with Crippen LogP contribution in [0.5, 0.6) is 0 Å². The number of carbonyl (C=O) groups is 1. The second-order valence-electron chi connectivity index (χ2n) is 7.09. The third-order valence-corrected chi connectivity index (χ3v) is 7.53. The van der Waals surface area contributed by atoms with E-state index in [1.807, 2.05) is 31.2 Å². The molecule has 1 amide bonds. The van der Waals surface area contributed by atoms with E-state index in [2.05, 4.69) is 15.5 Å². The van der Waals surface area contributed by atoms with Crippen molar-refractivity contribution in [2.24, 2.45) is 0 Å². The lowest BCUT2D eigenvalue weighted by Gasteiger charge is -2.28. The molecular weight excluding hydrogens is 386 g/mol. The van der Waals surface area contributed by atoms with Crippen LogP contribution in [0, 0.1) is 6.92 Å². The monoisotopic (exact) mass is 407 g/mol. The number of benzene rings is 1. The van der Waals surface area contributed by atoms with Crippen LogP contribution in [-0.4, -0.2) is 68.8 Å². The van der Waals surface area contributed by atoms with Crippen LogP contribution < -0.4 is 0 Å². The van der Waals surface area contributed by atoms with Crippen molar-refractivity contribution < 1.29 is 13.2 Å². The van der Waals surface area contributed by atoms with E-state index in [9.17, 15) is 13.2 Å². The fourth-order valence-corrected chi connectivity index (χ4v) is 5.84. The van der Waals surface area contributed by atoms with Gasteiger partial charge in [0.25, 0.3) is 0 Å². The topological polar surface area (TPSA) is 98.1 Å². The highest BCUT2D eigenvalue weighted by Crippen LogP contribution is 2.33. The summed E-state index contributed by atoms with van der Waals surface area (Å²) in [7, 11) is -3.02. The summed E-state index contributed by atoms with van der Waals surface area (Å²) in [6.45, 7) is 2.01. The van der Waals surface area contributed by atoms with E-state index < -0.39 is 9.84 Å². The first-order valence-corrected chi connectivity index (χ1v) is 11.7. The standard InChI is InChI=1S/C17H21N5O3S2/c1-12-2-4-14(5-3-12)22-17(18-19-20-22)26-10-16(23)21(13-6-7-13)15-8-9-27(24,25)11-15/h2-5,13,15H,6-11H2,1H3/t15-/m1/s1. The summed E-state index contributed by atoms with van der Waals surface area (Å²) < 4.78 is 25.2. The summed E-state index contributed by atoms with van der Waals surface area (Å²) >= 11 is 1.28. The lowest BCUT2D eigenvalue weighted by molar-refractivity contribution is -0.130. The third kappa shape index (κ3) is 4.16. The molecule has 2 aliphatic rings. The Morgan fingerprint density at radius 3 is 2.59 bits per heavy atom. The maximum Gasteiger partial charge on any atom is 0.233 e. The SMILES string of the molecule is Cc1ccc(-n2nnnc2SCC(=O)N(C2CC2)[C@@H]2CCS(=O)(=O)C2)cc1. The number of rotatable bonds is 6. The van der Waals surface area contributed by atoms with E-state index in [0.29, 0.717) is 11.6 Å². The molecule has 0 radical (unpaired) electrons. The van der Waals surface area contributed by atoms with Gasteiger partial charge in [-0.05, 0) is 48.7 Å². The summed E-state index contributed by atoms with van der Waals surface area (Å²) in [6.07, 6.45) is 2.44. The highest BCUT2D eigenvalue weighted by molar-refractivity contribution is 7.99. The fraction of sp³-hybridized carbons (Fsp3) is 0.529. The number of aromatic nitrogens is 4. The molecule has 1 saturated heterocycles. The molecule has 0 unspecified atom stereocenters. The molecule has 144 valence electrons. The molecule has 1 aromatic carbocycles. The minimum atomic E-state index is -3.02. The Morgan fingerprint density at radius 1 is 1.22 bits per heavy atom. The number of hydrogen-bond donors (Lipinski definition) is 0. The molecule has 1 atom stereocenters. The number of carbonyl (C=O) groups excluding carboxylic acids is 1. The Hall–Kier alpha value is -1.94. The van der Waals surface area contributed by atoms with E-state index in [1.54, 1.807) is 9.58 Å². The van der Waals surface area contributed by atoms with Gasteiger partial charge in [-0.2, -0.15) is 4.68 Å². The number of tetrazole rings is 1. The van der Waals surface area contributed by atoms with Crippen molar-refractivity contribution in [3.05, 3.63) is 29.8 Å². The number of sulfone groups is 1. The molecule has 2 fully saturated rings. The molecule has 10 heteroatoms. The first-order chi connectivity index (χ1) is 12.9. The van der Waals surface area contributed by atoms with Crippen molar-refractivity contribution in [1.82, 2.24) is 25.1 Å². The quantitative estimate of drug-likeness (QED) is 0.665. The van der Waals surface area contributed by atoms with Gasteiger partial charge in [0.2, 0.25) is 11.1 Å². The zero-order valence-electron chi connectivity index (χ0n) is 15.0. The normalized spacial score (nSPS) is 21.3. The van der Waals surface area contributed by atoms with Crippen LogP contribution in [-0.2, 0) is 14.6 Å². The highest BCUT2D eigenvalue weighted by Gasteiger charge is 2.42. The van der Waals surface area contributed by atoms with Crippen molar-refractivity contribution in [1.29, 1.82) is 0 Å². The van der Waals surface area contributed by atoms with Gasteiger partial charge >= 0.3 is 0 Å². The Balaban J connectivity index is 1.45. The molecule has 2 heterocycles. The molecule has 4 rings (SSSR count). The first kappa shape index (κ1) is 18.4. The lowest BCUT2D eigenvalue weighted by Crippen LogP contribution is -2.43. The molecule has 1 aliphatic heterocycles. The van der Waals surface area contributed by atoms with Crippen LogP contribution in [0.1, 0.15) is 24.8 Å². The van der Waals surface area contributed by atoms with Crippen molar-refractivity contribution in [2.75, 3.05) is 17.3 Å². The number of thioether (sulfide) groups is 1. The number of hydrogen-bond acceptors (Lipinski definition) is 7. The molecule has 1 aromatic heterocycles. The van der Waals surface area contributed by atoms with E-state index in [-0.39, 0.29) is 35.2 Å². The zero-order chi connectivity index (χ0) is 19.0. The minimum absolute atomic E-state index is 0.0388. The lowest BCUT2D eigenvalue weighted by atomic mass is 10.2. The zero-order valence-corrected chi connectivity index (χ0v) is 16.6. The second kappa shape index (κ2) is 7.23. The van der Waals surface area contributed by atoms with Crippen LogP contribution in [0.25, 0.3) is 5.69 Å². The maximum absolute atomic E-state index is 12.8. The smallest absolute Gasteiger partial charge is 0.233 e. The van der Waals surface area contributed by atoms with Gasteiger partial charge in [-0.15, -0.1) is 5.10 Å². The average molecular weight is 408 g/mol. The first-order valence-electron chi connectivity index (χ1n) is 8.93. The Morgan fingerprint density at radius 2 is 1.96 bits per heavy atom. The van der Waals surface area contributed by atoms with Crippen LogP contribution in [0.15, 0.2) is 29.4 Å². The van der Waals surface area contributed by atoms with Gasteiger partial charge in [-0.3, -0.25) is 4.79 Å². The third-order valence-electron chi connectivity index (χ3n) is 4.87. The Bertz CT molecular complexity index is 938. The van der Waals surface area contributed by atoms with Crippen LogP contribution in [0.3, 0.4) is 0 Å². The van der Waals surface area contributed by atoms with Crippen molar-refractivity contribution in [3.8, 4) is 5.69 Å². The summed E-state index contributed by atoms with van der Waals surface area (Å²) in [4.78, 5) is 14.6. The van der Waals surface area contributed by atoms with Gasteiger partial charge in [0.1, 0.15) is 0 Å². The number of aryl methyl sites for hydroxylation is 1. The van der Waals surface area contributed by atoms with Crippen molar-refractivity contribution in [2.45, 2.75) is 43.4 Å². The molecule has 0 spiro atoms. The molecule has 1 aliphatic carbocycles. The predicted molar refractivity (Wildman–Crippen MR) is 102 cm³/mol. The van der Waals surface area contributed by atoms with Gasteiger partial charge in [0.05, 0.1) is 22.9 Å². The summed E-state index contributed by atoms with van der Waals surface area (Å²) in [5.74, 6) is 0.413. The largest absolute Gasteiger partial charge is 0.335 e.